The third-order valence-electron chi connectivity index (χ3n) is 4.57. The average molecular weight is 431 g/mol. The zero-order chi connectivity index (χ0) is 18.4. The van der Waals surface area contributed by atoms with Crippen LogP contribution in [-0.2, 0) is 6.42 Å². The van der Waals surface area contributed by atoms with E-state index in [1.165, 1.54) is 10.4 Å². The summed E-state index contributed by atoms with van der Waals surface area (Å²) < 4.78 is 7.81. The summed E-state index contributed by atoms with van der Waals surface area (Å²) in [4.78, 5) is 2.23. The van der Waals surface area contributed by atoms with Crippen LogP contribution in [0.4, 0.5) is 5.69 Å². The van der Waals surface area contributed by atoms with E-state index in [0.29, 0.717) is 17.3 Å². The molecule has 0 amide bonds. The molecule has 142 valence electrons. The van der Waals surface area contributed by atoms with Crippen molar-refractivity contribution >= 4 is 41.0 Å². The first-order valence-electron chi connectivity index (χ1n) is 8.51. The quantitative estimate of drug-likeness (QED) is 0.440. The smallest absolute Gasteiger partial charge is 0.178 e. The average Bonchev–Trinajstić information content (AvgIpc) is 3.26. The number of ether oxygens (including phenoxy) is 1. The topological polar surface area (TPSA) is 66.0 Å². The summed E-state index contributed by atoms with van der Waals surface area (Å²) in [5.74, 6) is 1.61. The molecule has 0 spiro atoms. The second-order valence-corrected chi connectivity index (χ2v) is 7.75. The molecule has 0 fully saturated rings. The molecule has 5 rings (SSSR count). The van der Waals surface area contributed by atoms with Gasteiger partial charge in [-0.05, 0) is 35.9 Å². The van der Waals surface area contributed by atoms with Crippen molar-refractivity contribution in [2.75, 3.05) is 12.3 Å². The molecule has 0 atom stereocenters. The van der Waals surface area contributed by atoms with Crippen LogP contribution in [0, 0.1) is 0 Å². The van der Waals surface area contributed by atoms with Crippen molar-refractivity contribution in [1.82, 2.24) is 14.8 Å². The number of nitrogens with two attached hydrogens (primary N) is 1. The van der Waals surface area contributed by atoms with E-state index in [1.807, 2.05) is 47.0 Å². The molecule has 2 aromatic carbocycles. The highest BCUT2D eigenvalue weighted by Gasteiger charge is 2.22. The van der Waals surface area contributed by atoms with Gasteiger partial charge in [0, 0.05) is 28.6 Å². The normalized spacial score (nSPS) is 12.3. The fourth-order valence-electron chi connectivity index (χ4n) is 3.30. The van der Waals surface area contributed by atoms with Gasteiger partial charge in [-0.25, -0.2) is 0 Å². The Kier molecular flexibility index (Phi) is 5.02. The van der Waals surface area contributed by atoms with Gasteiger partial charge in [-0.3, -0.25) is 4.57 Å². The SMILES string of the molecule is Cl.Nc1ccc2c(c1)OCCc1cc(-c3nncn3-c3ccccc3Cl)sc1-2. The number of nitrogens with zero attached hydrogens (tertiary/aromatic N) is 3. The van der Waals surface area contributed by atoms with Gasteiger partial charge in [0.1, 0.15) is 12.1 Å². The number of hydrogen-bond donors (Lipinski definition) is 1. The van der Waals surface area contributed by atoms with Crippen LogP contribution >= 0.6 is 35.3 Å². The zero-order valence-electron chi connectivity index (χ0n) is 14.6. The van der Waals surface area contributed by atoms with E-state index in [0.717, 1.165) is 34.1 Å². The summed E-state index contributed by atoms with van der Waals surface area (Å²) in [6.45, 7) is 0.622. The summed E-state index contributed by atoms with van der Waals surface area (Å²) in [5, 5.41) is 9.13. The predicted molar refractivity (Wildman–Crippen MR) is 116 cm³/mol. The van der Waals surface area contributed by atoms with Crippen LogP contribution in [0.25, 0.3) is 26.8 Å². The van der Waals surface area contributed by atoms with Crippen LogP contribution in [0.3, 0.4) is 0 Å². The van der Waals surface area contributed by atoms with E-state index in [-0.39, 0.29) is 12.4 Å². The van der Waals surface area contributed by atoms with Crippen molar-refractivity contribution in [2.45, 2.75) is 6.42 Å². The minimum absolute atomic E-state index is 0. The Hall–Kier alpha value is -2.54. The van der Waals surface area contributed by atoms with Crippen molar-refractivity contribution in [3.8, 4) is 32.6 Å². The van der Waals surface area contributed by atoms with Crippen molar-refractivity contribution in [1.29, 1.82) is 0 Å². The van der Waals surface area contributed by atoms with Gasteiger partial charge in [0.25, 0.3) is 0 Å². The Balaban J connectivity index is 0.00000192. The third kappa shape index (κ3) is 3.13. The van der Waals surface area contributed by atoms with E-state index >= 15 is 0 Å². The number of para-hydroxylation sites is 1. The second-order valence-electron chi connectivity index (χ2n) is 6.30. The molecule has 4 aromatic rings. The molecule has 28 heavy (non-hydrogen) atoms. The molecule has 0 saturated heterocycles. The number of halogens is 2. The third-order valence-corrected chi connectivity index (χ3v) is 6.09. The van der Waals surface area contributed by atoms with Crippen LogP contribution in [0.2, 0.25) is 5.02 Å². The lowest BCUT2D eigenvalue weighted by atomic mass is 10.1. The Morgan fingerprint density at radius 3 is 2.86 bits per heavy atom. The standard InChI is InChI=1S/C20H15ClN4OS.ClH/c21-15-3-1-2-4-16(15)25-11-23-24-20(25)18-9-12-7-8-26-17-10-13(22)5-6-14(17)19(12)27-18;/h1-6,9-11H,7-8,22H2;1H. The Labute approximate surface area is 177 Å². The first-order chi connectivity index (χ1) is 13.2. The van der Waals surface area contributed by atoms with E-state index in [1.54, 1.807) is 17.7 Å². The van der Waals surface area contributed by atoms with Gasteiger partial charge in [-0.2, -0.15) is 0 Å². The number of rotatable bonds is 2. The zero-order valence-corrected chi connectivity index (χ0v) is 17.0. The van der Waals surface area contributed by atoms with Crippen LogP contribution in [0.5, 0.6) is 5.75 Å². The van der Waals surface area contributed by atoms with Crippen molar-refractivity contribution in [3.63, 3.8) is 0 Å². The molecule has 2 aromatic heterocycles. The molecule has 1 aliphatic heterocycles. The number of anilines is 1. The van der Waals surface area contributed by atoms with E-state index < -0.39 is 0 Å². The monoisotopic (exact) mass is 430 g/mol. The maximum absolute atomic E-state index is 6.38. The summed E-state index contributed by atoms with van der Waals surface area (Å²) in [5.41, 5.74) is 9.79. The molecule has 0 aliphatic carbocycles. The number of hydrogen-bond acceptors (Lipinski definition) is 5. The molecule has 8 heteroatoms. The maximum Gasteiger partial charge on any atom is 0.178 e. The molecule has 0 radical (unpaired) electrons. The molecule has 0 unspecified atom stereocenters. The van der Waals surface area contributed by atoms with E-state index in [4.69, 9.17) is 22.1 Å². The number of benzene rings is 2. The van der Waals surface area contributed by atoms with Gasteiger partial charge in [-0.15, -0.1) is 33.9 Å². The lowest BCUT2D eigenvalue weighted by Gasteiger charge is -2.08. The number of aromatic nitrogens is 3. The second kappa shape index (κ2) is 7.47. The Morgan fingerprint density at radius 2 is 2.00 bits per heavy atom. The summed E-state index contributed by atoms with van der Waals surface area (Å²) in [6.07, 6.45) is 2.53. The van der Waals surface area contributed by atoms with Crippen LogP contribution < -0.4 is 10.5 Å². The van der Waals surface area contributed by atoms with Crippen molar-refractivity contribution < 1.29 is 4.74 Å². The van der Waals surface area contributed by atoms with Crippen LogP contribution in [0.1, 0.15) is 5.56 Å². The van der Waals surface area contributed by atoms with Gasteiger partial charge < -0.3 is 10.5 Å². The number of thiophene rings is 1. The lowest BCUT2D eigenvalue weighted by Crippen LogP contribution is -1.99. The largest absolute Gasteiger partial charge is 0.492 e. The van der Waals surface area contributed by atoms with Gasteiger partial charge >= 0.3 is 0 Å². The van der Waals surface area contributed by atoms with Crippen LogP contribution in [-0.4, -0.2) is 21.4 Å². The lowest BCUT2D eigenvalue weighted by molar-refractivity contribution is 0.326. The van der Waals surface area contributed by atoms with E-state index in [9.17, 15) is 0 Å². The van der Waals surface area contributed by atoms with Gasteiger partial charge in [0.15, 0.2) is 5.82 Å². The highest BCUT2D eigenvalue weighted by Crippen LogP contribution is 2.44. The summed E-state index contributed by atoms with van der Waals surface area (Å²) >= 11 is 8.06. The van der Waals surface area contributed by atoms with Gasteiger partial charge in [-0.1, -0.05) is 23.7 Å². The molecular formula is C20H16Cl2N4OS. The van der Waals surface area contributed by atoms with Gasteiger partial charge in [0.2, 0.25) is 0 Å². The fraction of sp³-hybridized carbons (Fsp3) is 0.100. The van der Waals surface area contributed by atoms with Gasteiger partial charge in [0.05, 0.1) is 22.2 Å². The Bertz CT molecular complexity index is 1150. The molecule has 0 bridgehead atoms. The molecule has 0 saturated carbocycles. The number of fused-ring (bicyclic) bond motifs is 3. The molecule has 5 nitrogen and oxygen atoms in total. The molecule has 2 N–H and O–H groups in total. The van der Waals surface area contributed by atoms with Crippen molar-refractivity contribution in [3.05, 3.63) is 65.4 Å². The first kappa shape index (κ1) is 18.8. The predicted octanol–water partition coefficient (Wildman–Crippen LogP) is 5.26. The fourth-order valence-corrected chi connectivity index (χ4v) is 4.74. The molecule has 1 aliphatic rings. The maximum atomic E-state index is 6.38. The summed E-state index contributed by atoms with van der Waals surface area (Å²) in [6, 6.07) is 15.7. The minimum Gasteiger partial charge on any atom is -0.492 e. The van der Waals surface area contributed by atoms with E-state index in [2.05, 4.69) is 16.3 Å². The summed E-state index contributed by atoms with van der Waals surface area (Å²) in [7, 11) is 0. The highest BCUT2D eigenvalue weighted by atomic mass is 35.5. The minimum atomic E-state index is 0. The first-order valence-corrected chi connectivity index (χ1v) is 9.71. The van der Waals surface area contributed by atoms with Crippen LogP contribution in [0.15, 0.2) is 54.9 Å². The molecule has 3 heterocycles. The van der Waals surface area contributed by atoms with Crippen molar-refractivity contribution in [2.24, 2.45) is 0 Å². The highest BCUT2D eigenvalue weighted by molar-refractivity contribution is 7.19. The molecular weight excluding hydrogens is 415 g/mol. The Morgan fingerprint density at radius 1 is 1.14 bits per heavy atom. The number of nitrogen functional groups attached to an aromatic ring is 1.